The van der Waals surface area contributed by atoms with Gasteiger partial charge in [0.2, 0.25) is 5.92 Å². The minimum Gasteiger partial charge on any atom is -0.409 e. The molecule has 11 heteroatoms. The molecule has 3 rings (SSSR count). The lowest BCUT2D eigenvalue weighted by atomic mass is 10.1. The van der Waals surface area contributed by atoms with Crippen molar-refractivity contribution in [2.45, 2.75) is 32.1 Å². The molecule has 7 nitrogen and oxygen atoms in total. The number of aromatic nitrogens is 1. The van der Waals surface area contributed by atoms with Crippen molar-refractivity contribution in [3.63, 3.8) is 0 Å². The predicted octanol–water partition coefficient (Wildman–Crippen LogP) is 4.15. The number of carbonyl (C=O) groups is 1. The van der Waals surface area contributed by atoms with Gasteiger partial charge in [-0.25, -0.2) is 18.2 Å². The summed E-state index contributed by atoms with van der Waals surface area (Å²) < 4.78 is 49.2. The molecule has 2 heterocycles. The summed E-state index contributed by atoms with van der Waals surface area (Å²) in [5.74, 6) is -4.56. The van der Waals surface area contributed by atoms with E-state index in [0.29, 0.717) is 0 Å². The van der Waals surface area contributed by atoms with Gasteiger partial charge in [0.1, 0.15) is 11.6 Å². The molecule has 166 valence electrons. The highest BCUT2D eigenvalue weighted by molar-refractivity contribution is 6.31. The number of hydrogen-bond acceptors (Lipinski definition) is 5. The van der Waals surface area contributed by atoms with Gasteiger partial charge in [-0.1, -0.05) is 16.8 Å². The average molecular weight is 457 g/mol. The molecule has 1 aliphatic heterocycles. The number of aryl methyl sites for hydroxylation is 1. The zero-order chi connectivity index (χ0) is 23.5. The van der Waals surface area contributed by atoms with Crippen LogP contribution < -0.4 is 16.0 Å². The van der Waals surface area contributed by atoms with Crippen LogP contribution in [0.3, 0.4) is 0 Å². The van der Waals surface area contributed by atoms with E-state index in [2.05, 4.69) is 15.5 Å². The SMILES string of the molecule is [2H]Cc1nc(N2CCCC(F)(F)CC2)c(C(=O)Nc2ccc(F)c(C(N)=NO)c2)cc1Cl. The number of pyridine rings is 1. The third kappa shape index (κ3) is 5.19. The van der Waals surface area contributed by atoms with Crippen molar-refractivity contribution >= 4 is 34.8 Å². The van der Waals surface area contributed by atoms with Gasteiger partial charge in [0.25, 0.3) is 5.91 Å². The third-order valence-corrected chi connectivity index (χ3v) is 5.23. The summed E-state index contributed by atoms with van der Waals surface area (Å²) in [5, 5.41) is 14.2. The molecule has 0 spiro atoms. The van der Waals surface area contributed by atoms with E-state index in [-0.39, 0.29) is 66.2 Å². The minimum atomic E-state index is -2.81. The summed E-state index contributed by atoms with van der Waals surface area (Å²) in [7, 11) is 0. The Labute approximate surface area is 183 Å². The lowest BCUT2D eigenvalue weighted by molar-refractivity contribution is -0.0102. The van der Waals surface area contributed by atoms with Crippen molar-refractivity contribution in [2.75, 3.05) is 23.3 Å². The molecular weight excluding hydrogens is 435 g/mol. The molecule has 31 heavy (non-hydrogen) atoms. The number of hydrogen-bond donors (Lipinski definition) is 3. The van der Waals surface area contributed by atoms with E-state index in [0.717, 1.165) is 6.07 Å². The second-order valence-corrected chi connectivity index (χ2v) is 7.53. The lowest BCUT2D eigenvalue weighted by Gasteiger charge is -2.24. The van der Waals surface area contributed by atoms with Crippen LogP contribution in [0.15, 0.2) is 29.4 Å². The number of halogens is 4. The first-order valence-electron chi connectivity index (χ1n) is 10.1. The molecule has 1 amide bonds. The molecule has 0 radical (unpaired) electrons. The monoisotopic (exact) mass is 456 g/mol. The predicted molar refractivity (Wildman–Crippen MR) is 112 cm³/mol. The Balaban J connectivity index is 1.96. The van der Waals surface area contributed by atoms with Crippen LogP contribution in [0.2, 0.25) is 5.02 Å². The summed E-state index contributed by atoms with van der Waals surface area (Å²) in [6.07, 6.45) is -0.457. The molecule has 4 N–H and O–H groups in total. The van der Waals surface area contributed by atoms with Crippen molar-refractivity contribution in [1.29, 1.82) is 0 Å². The topological polar surface area (TPSA) is 104 Å². The number of amides is 1. The number of anilines is 2. The average Bonchev–Trinajstić information content (AvgIpc) is 2.94. The zero-order valence-electron chi connectivity index (χ0n) is 17.3. The fourth-order valence-corrected chi connectivity index (χ4v) is 3.40. The van der Waals surface area contributed by atoms with E-state index in [1.54, 1.807) is 4.90 Å². The zero-order valence-corrected chi connectivity index (χ0v) is 17.1. The fourth-order valence-electron chi connectivity index (χ4n) is 3.25. The number of amidine groups is 1. The highest BCUT2D eigenvalue weighted by atomic mass is 35.5. The Morgan fingerprint density at radius 2 is 2.13 bits per heavy atom. The first-order chi connectivity index (χ1) is 15.1. The number of rotatable bonds is 4. The highest BCUT2D eigenvalue weighted by Gasteiger charge is 2.33. The van der Waals surface area contributed by atoms with Gasteiger partial charge in [-0.2, -0.15) is 0 Å². The Hall–Kier alpha value is -3.01. The van der Waals surface area contributed by atoms with Crippen LogP contribution >= 0.6 is 11.6 Å². The minimum absolute atomic E-state index is 0.0205. The van der Waals surface area contributed by atoms with E-state index in [9.17, 15) is 18.0 Å². The van der Waals surface area contributed by atoms with Crippen LogP contribution in [0.25, 0.3) is 0 Å². The molecule has 0 atom stereocenters. The van der Waals surface area contributed by atoms with Crippen molar-refractivity contribution in [1.82, 2.24) is 4.98 Å². The van der Waals surface area contributed by atoms with Crippen LogP contribution in [-0.4, -0.2) is 40.9 Å². The van der Waals surface area contributed by atoms with Gasteiger partial charge in [0, 0.05) is 33.0 Å². The normalized spacial score (nSPS) is 17.1. The number of nitrogens with two attached hydrogens (primary N) is 1. The quantitative estimate of drug-likeness (QED) is 0.277. The van der Waals surface area contributed by atoms with Gasteiger partial charge >= 0.3 is 0 Å². The number of nitrogens with zero attached hydrogens (tertiary/aromatic N) is 3. The summed E-state index contributed by atoms with van der Waals surface area (Å²) >= 11 is 6.16. The molecule has 2 aromatic rings. The number of oxime groups is 1. The van der Waals surface area contributed by atoms with Crippen molar-refractivity contribution < 1.29 is 24.5 Å². The van der Waals surface area contributed by atoms with Gasteiger partial charge < -0.3 is 21.2 Å². The maximum absolute atomic E-state index is 13.9. The van der Waals surface area contributed by atoms with Crippen LogP contribution in [0.4, 0.5) is 24.7 Å². The molecule has 1 aromatic carbocycles. The molecule has 1 aliphatic rings. The number of carbonyl (C=O) groups excluding carboxylic acids is 1. The van der Waals surface area contributed by atoms with E-state index in [1.165, 1.54) is 18.2 Å². The Bertz CT molecular complexity index is 1050. The Morgan fingerprint density at radius 1 is 1.35 bits per heavy atom. The molecule has 0 unspecified atom stereocenters. The molecule has 1 fully saturated rings. The van der Waals surface area contributed by atoms with E-state index in [4.69, 9.17) is 23.9 Å². The molecular formula is C20H21ClF3N5O2. The van der Waals surface area contributed by atoms with Crippen LogP contribution in [-0.2, 0) is 0 Å². The largest absolute Gasteiger partial charge is 0.409 e. The number of benzene rings is 1. The first kappa shape index (κ1) is 21.2. The number of alkyl halides is 2. The molecule has 1 saturated heterocycles. The van der Waals surface area contributed by atoms with Crippen molar-refractivity contribution in [3.8, 4) is 0 Å². The maximum atomic E-state index is 13.9. The second kappa shape index (κ2) is 9.01. The Morgan fingerprint density at radius 3 is 2.84 bits per heavy atom. The van der Waals surface area contributed by atoms with Gasteiger partial charge in [-0.3, -0.25) is 4.79 Å². The van der Waals surface area contributed by atoms with E-state index >= 15 is 0 Å². The Kier molecular flexibility index (Phi) is 6.17. The van der Waals surface area contributed by atoms with Crippen LogP contribution in [0.5, 0.6) is 0 Å². The molecule has 0 saturated carbocycles. The van der Waals surface area contributed by atoms with Crippen molar-refractivity contribution in [2.24, 2.45) is 10.9 Å². The molecule has 0 bridgehead atoms. The van der Waals surface area contributed by atoms with Crippen LogP contribution in [0, 0.1) is 12.7 Å². The smallest absolute Gasteiger partial charge is 0.259 e. The third-order valence-electron chi connectivity index (χ3n) is 4.90. The van der Waals surface area contributed by atoms with Crippen molar-refractivity contribution in [3.05, 3.63) is 51.9 Å². The standard InChI is InChI=1S/C20H21ClF3N5O2/c1-11-15(21)10-14(18(26-11)29-7-2-5-20(23,24)6-8-29)19(30)27-12-3-4-16(22)13(9-12)17(25)28-31/h3-4,9-10,31H,2,5-8H2,1H3,(H2,25,28)(H,27,30)/i1D. The van der Waals surface area contributed by atoms with Gasteiger partial charge in [-0.15, -0.1) is 0 Å². The molecule has 1 aromatic heterocycles. The van der Waals surface area contributed by atoms with Crippen LogP contribution in [0.1, 0.15) is 42.2 Å². The fraction of sp³-hybridized carbons (Fsp3) is 0.350. The second-order valence-electron chi connectivity index (χ2n) is 7.12. The maximum Gasteiger partial charge on any atom is 0.259 e. The summed E-state index contributed by atoms with van der Waals surface area (Å²) in [6.45, 7) is -0.0193. The van der Waals surface area contributed by atoms with E-state index < -0.39 is 29.9 Å². The summed E-state index contributed by atoms with van der Waals surface area (Å²) in [6, 6.07) is 4.83. The summed E-state index contributed by atoms with van der Waals surface area (Å²) in [4.78, 5) is 18.9. The van der Waals surface area contributed by atoms with Gasteiger partial charge in [0.15, 0.2) is 5.84 Å². The highest BCUT2D eigenvalue weighted by Crippen LogP contribution is 2.32. The lowest BCUT2D eigenvalue weighted by Crippen LogP contribution is -2.29. The molecule has 0 aliphatic carbocycles. The van der Waals surface area contributed by atoms with Gasteiger partial charge in [0.05, 0.1) is 21.8 Å². The first-order valence-corrected chi connectivity index (χ1v) is 9.73. The van der Waals surface area contributed by atoms with Gasteiger partial charge in [-0.05, 0) is 37.6 Å². The van der Waals surface area contributed by atoms with E-state index in [1.807, 2.05) is 0 Å². The summed E-state index contributed by atoms with van der Waals surface area (Å²) in [5.41, 5.74) is 5.61. The number of nitrogens with one attached hydrogen (secondary N) is 1.